The number of nitro benzene ring substituents is 1. The summed E-state index contributed by atoms with van der Waals surface area (Å²) in [5.74, 6) is 0.227. The van der Waals surface area contributed by atoms with Gasteiger partial charge in [0.15, 0.2) is 0 Å². The molecule has 18 heavy (non-hydrogen) atoms. The van der Waals surface area contributed by atoms with Crippen LogP contribution in [0.4, 0.5) is 11.4 Å². The number of anilines is 1. The summed E-state index contributed by atoms with van der Waals surface area (Å²) in [6.45, 7) is 2.67. The van der Waals surface area contributed by atoms with Crippen LogP contribution in [0.2, 0.25) is 0 Å². The Bertz CT molecular complexity index is 528. The smallest absolute Gasteiger partial charge is 0.292 e. The fourth-order valence-corrected chi connectivity index (χ4v) is 2.31. The molecule has 0 saturated carbocycles. The molecule has 0 radical (unpaired) electrons. The van der Waals surface area contributed by atoms with E-state index in [-0.39, 0.29) is 16.5 Å². The Hall–Kier alpha value is -1.95. The van der Waals surface area contributed by atoms with E-state index in [2.05, 4.69) is 10.3 Å². The first-order valence-electron chi connectivity index (χ1n) is 5.55. The highest BCUT2D eigenvalue weighted by molar-refractivity contribution is 7.09. The Morgan fingerprint density at radius 1 is 1.50 bits per heavy atom. The van der Waals surface area contributed by atoms with E-state index in [1.807, 2.05) is 12.3 Å². The molecular weight excluding hydrogens is 250 g/mol. The number of nitro groups is 1. The summed E-state index contributed by atoms with van der Waals surface area (Å²) in [6, 6.07) is 6.65. The molecule has 0 spiro atoms. The fourth-order valence-electron chi connectivity index (χ4n) is 1.61. The van der Waals surface area contributed by atoms with Gasteiger partial charge in [-0.2, -0.15) is 0 Å². The van der Waals surface area contributed by atoms with Crippen LogP contribution >= 0.6 is 11.3 Å². The number of hydrogen-bond acceptors (Lipinski definition) is 5. The number of benzene rings is 1. The first-order chi connectivity index (χ1) is 8.68. The van der Waals surface area contributed by atoms with Gasteiger partial charge in [-0.05, 0) is 6.07 Å². The van der Waals surface area contributed by atoms with Crippen molar-refractivity contribution in [3.63, 3.8) is 0 Å². The molecule has 0 aliphatic carbocycles. The Morgan fingerprint density at radius 2 is 2.28 bits per heavy atom. The van der Waals surface area contributed by atoms with Crippen LogP contribution in [-0.2, 0) is 0 Å². The molecule has 1 aromatic carbocycles. The molecule has 1 heterocycles. The van der Waals surface area contributed by atoms with Gasteiger partial charge in [0.25, 0.3) is 5.69 Å². The highest BCUT2D eigenvalue weighted by Gasteiger charge is 2.14. The van der Waals surface area contributed by atoms with E-state index in [4.69, 9.17) is 0 Å². The lowest BCUT2D eigenvalue weighted by molar-refractivity contribution is -0.384. The average molecular weight is 263 g/mol. The molecule has 94 valence electrons. The number of aromatic nitrogens is 1. The maximum atomic E-state index is 10.9. The zero-order valence-corrected chi connectivity index (χ0v) is 10.7. The van der Waals surface area contributed by atoms with Gasteiger partial charge in [-0.25, -0.2) is 4.98 Å². The van der Waals surface area contributed by atoms with E-state index in [9.17, 15) is 10.1 Å². The lowest BCUT2D eigenvalue weighted by Gasteiger charge is -2.11. The largest absolute Gasteiger partial charge is 0.379 e. The molecule has 0 fully saturated rings. The standard InChI is InChI=1S/C12H13N3O2S/c1-9(12-13-6-7-18-12)8-14-10-4-2-3-5-11(10)15(16)17/h2-7,9,14H,8H2,1H3. The second-order valence-electron chi connectivity index (χ2n) is 3.93. The van der Waals surface area contributed by atoms with E-state index in [1.165, 1.54) is 6.07 Å². The van der Waals surface area contributed by atoms with Gasteiger partial charge >= 0.3 is 0 Å². The minimum atomic E-state index is -0.379. The molecule has 1 N–H and O–H groups in total. The Labute approximate surface area is 109 Å². The molecule has 1 unspecified atom stereocenters. The monoisotopic (exact) mass is 263 g/mol. The Kier molecular flexibility index (Phi) is 3.88. The minimum Gasteiger partial charge on any atom is -0.379 e. The molecule has 0 saturated heterocycles. The molecule has 2 rings (SSSR count). The number of thiazole rings is 1. The molecule has 0 aliphatic rings. The third kappa shape index (κ3) is 2.84. The zero-order chi connectivity index (χ0) is 13.0. The average Bonchev–Trinajstić information content (AvgIpc) is 2.90. The summed E-state index contributed by atoms with van der Waals surface area (Å²) >= 11 is 1.59. The first kappa shape index (κ1) is 12.5. The highest BCUT2D eigenvalue weighted by Crippen LogP contribution is 2.25. The van der Waals surface area contributed by atoms with Crippen molar-refractivity contribution in [3.05, 3.63) is 51.0 Å². The van der Waals surface area contributed by atoms with Crippen molar-refractivity contribution in [1.82, 2.24) is 4.98 Å². The van der Waals surface area contributed by atoms with Crippen LogP contribution in [0.3, 0.4) is 0 Å². The van der Waals surface area contributed by atoms with Crippen LogP contribution < -0.4 is 5.32 Å². The second-order valence-corrected chi connectivity index (χ2v) is 4.85. The van der Waals surface area contributed by atoms with Crippen molar-refractivity contribution in [1.29, 1.82) is 0 Å². The quantitative estimate of drug-likeness (QED) is 0.664. The molecule has 0 amide bonds. The lowest BCUT2D eigenvalue weighted by Crippen LogP contribution is -2.10. The Morgan fingerprint density at radius 3 is 2.94 bits per heavy atom. The first-order valence-corrected chi connectivity index (χ1v) is 6.43. The van der Waals surface area contributed by atoms with Gasteiger partial charge in [0, 0.05) is 30.1 Å². The van der Waals surface area contributed by atoms with Crippen LogP contribution in [0.5, 0.6) is 0 Å². The fraction of sp³-hybridized carbons (Fsp3) is 0.250. The van der Waals surface area contributed by atoms with Crippen LogP contribution in [-0.4, -0.2) is 16.5 Å². The topological polar surface area (TPSA) is 68.1 Å². The molecular formula is C12H13N3O2S. The van der Waals surface area contributed by atoms with Crippen molar-refractivity contribution < 1.29 is 4.92 Å². The van der Waals surface area contributed by atoms with E-state index in [0.29, 0.717) is 12.2 Å². The summed E-state index contributed by atoms with van der Waals surface area (Å²) in [5.41, 5.74) is 0.648. The summed E-state index contributed by atoms with van der Waals surface area (Å²) in [5, 5.41) is 16.9. The molecule has 0 bridgehead atoms. The van der Waals surface area contributed by atoms with Crippen molar-refractivity contribution in [3.8, 4) is 0 Å². The van der Waals surface area contributed by atoms with Gasteiger partial charge in [-0.1, -0.05) is 19.1 Å². The van der Waals surface area contributed by atoms with Gasteiger partial charge in [0.2, 0.25) is 0 Å². The summed E-state index contributed by atoms with van der Waals surface area (Å²) < 4.78 is 0. The molecule has 1 aromatic heterocycles. The van der Waals surface area contributed by atoms with Crippen molar-refractivity contribution >= 4 is 22.7 Å². The van der Waals surface area contributed by atoms with E-state index < -0.39 is 0 Å². The van der Waals surface area contributed by atoms with E-state index >= 15 is 0 Å². The Balaban J connectivity index is 2.04. The van der Waals surface area contributed by atoms with Gasteiger partial charge in [0.05, 0.1) is 9.93 Å². The maximum Gasteiger partial charge on any atom is 0.292 e. The number of hydrogen-bond donors (Lipinski definition) is 1. The van der Waals surface area contributed by atoms with Crippen LogP contribution in [0.1, 0.15) is 17.8 Å². The van der Waals surface area contributed by atoms with Crippen molar-refractivity contribution in [2.45, 2.75) is 12.8 Å². The molecule has 0 aliphatic heterocycles. The maximum absolute atomic E-state index is 10.9. The third-order valence-corrected chi connectivity index (χ3v) is 3.58. The summed E-state index contributed by atoms with van der Waals surface area (Å²) in [4.78, 5) is 14.7. The van der Waals surface area contributed by atoms with Gasteiger partial charge in [-0.15, -0.1) is 11.3 Å². The van der Waals surface area contributed by atoms with Gasteiger partial charge in [-0.3, -0.25) is 10.1 Å². The molecule has 1 atom stereocenters. The number of nitrogens with zero attached hydrogens (tertiary/aromatic N) is 2. The molecule has 2 aromatic rings. The van der Waals surface area contributed by atoms with Gasteiger partial charge < -0.3 is 5.32 Å². The predicted molar refractivity (Wildman–Crippen MR) is 72.1 cm³/mol. The van der Waals surface area contributed by atoms with Crippen LogP contribution in [0.15, 0.2) is 35.8 Å². The lowest BCUT2D eigenvalue weighted by atomic mass is 10.2. The zero-order valence-electron chi connectivity index (χ0n) is 9.87. The number of nitrogens with one attached hydrogen (secondary N) is 1. The van der Waals surface area contributed by atoms with E-state index in [1.54, 1.807) is 35.7 Å². The van der Waals surface area contributed by atoms with Crippen molar-refractivity contribution in [2.24, 2.45) is 0 Å². The van der Waals surface area contributed by atoms with Gasteiger partial charge in [0.1, 0.15) is 5.69 Å². The molecule has 5 nitrogen and oxygen atoms in total. The third-order valence-electron chi connectivity index (χ3n) is 2.57. The SMILES string of the molecule is CC(CNc1ccccc1[N+](=O)[O-])c1nccs1. The molecule has 6 heteroatoms. The van der Waals surface area contributed by atoms with Crippen LogP contribution in [0, 0.1) is 10.1 Å². The normalized spacial score (nSPS) is 12.1. The van der Waals surface area contributed by atoms with E-state index in [0.717, 1.165) is 5.01 Å². The highest BCUT2D eigenvalue weighted by atomic mass is 32.1. The predicted octanol–water partition coefficient (Wildman–Crippen LogP) is 3.27. The summed E-state index contributed by atoms with van der Waals surface area (Å²) in [7, 11) is 0. The summed E-state index contributed by atoms with van der Waals surface area (Å²) in [6.07, 6.45) is 1.77. The number of para-hydroxylation sites is 2. The number of rotatable bonds is 5. The van der Waals surface area contributed by atoms with Crippen LogP contribution in [0.25, 0.3) is 0 Å². The second kappa shape index (κ2) is 5.59. The minimum absolute atomic E-state index is 0.101. The van der Waals surface area contributed by atoms with Crippen molar-refractivity contribution in [2.75, 3.05) is 11.9 Å².